The van der Waals surface area contributed by atoms with Gasteiger partial charge in [-0.1, -0.05) is 20.8 Å². The van der Waals surface area contributed by atoms with E-state index in [1.807, 2.05) is 6.92 Å². The Morgan fingerprint density at radius 1 is 0.909 bits per heavy atom. The summed E-state index contributed by atoms with van der Waals surface area (Å²) in [5.41, 5.74) is 3.71. The maximum absolute atomic E-state index is 5.63. The first-order valence-corrected chi connectivity index (χ1v) is 8.02. The van der Waals surface area contributed by atoms with E-state index in [0.29, 0.717) is 0 Å². The van der Waals surface area contributed by atoms with E-state index in [0.717, 1.165) is 31.7 Å². The van der Waals surface area contributed by atoms with Gasteiger partial charge in [0, 0.05) is 51.6 Å². The van der Waals surface area contributed by atoms with Gasteiger partial charge < -0.3 is 19.7 Å². The minimum atomic E-state index is -0.718. The van der Waals surface area contributed by atoms with Crippen LogP contribution in [0.2, 0.25) is 0 Å². The molecule has 0 radical (unpaired) electrons. The normalized spacial score (nSPS) is 16.9. The number of rotatable bonds is 4. The predicted octanol–water partition coefficient (Wildman–Crippen LogP) is 2.86. The molecule has 1 fully saturated rings. The van der Waals surface area contributed by atoms with Crippen molar-refractivity contribution in [1.29, 1.82) is 0 Å². The molecular formula is C18H30N2O2. The second-order valence-electron chi connectivity index (χ2n) is 7.11. The molecule has 0 unspecified atom stereocenters. The molecule has 1 aromatic rings. The first-order chi connectivity index (χ1) is 10.3. The molecule has 0 bridgehead atoms. The third-order valence-electron chi connectivity index (χ3n) is 4.57. The van der Waals surface area contributed by atoms with Crippen LogP contribution in [0.4, 0.5) is 5.69 Å². The fraction of sp³-hybridized carbons (Fsp3) is 0.667. The third kappa shape index (κ3) is 3.62. The standard InChI is InChI=1S/C18H30N2O2/c1-17(2,3)14-11-15(18(4,21-5)22-6)13-16(12-14)20-9-7-19-8-10-20/h11-13,19H,7-10H2,1-6H3. The van der Waals surface area contributed by atoms with Crippen LogP contribution >= 0.6 is 0 Å². The smallest absolute Gasteiger partial charge is 0.191 e. The van der Waals surface area contributed by atoms with Gasteiger partial charge in [-0.2, -0.15) is 0 Å². The molecule has 22 heavy (non-hydrogen) atoms. The summed E-state index contributed by atoms with van der Waals surface area (Å²) in [6.07, 6.45) is 0. The fourth-order valence-electron chi connectivity index (χ4n) is 2.73. The molecule has 1 saturated heterocycles. The van der Waals surface area contributed by atoms with Gasteiger partial charge in [0.05, 0.1) is 0 Å². The van der Waals surface area contributed by atoms with Crippen molar-refractivity contribution in [2.75, 3.05) is 45.3 Å². The Balaban J connectivity index is 2.49. The Morgan fingerprint density at radius 2 is 1.45 bits per heavy atom. The maximum Gasteiger partial charge on any atom is 0.191 e. The fourth-order valence-corrected chi connectivity index (χ4v) is 2.73. The molecule has 0 aliphatic carbocycles. The number of hydrogen-bond donors (Lipinski definition) is 1. The maximum atomic E-state index is 5.63. The first-order valence-electron chi connectivity index (χ1n) is 8.02. The summed E-state index contributed by atoms with van der Waals surface area (Å²) in [6.45, 7) is 12.8. The highest BCUT2D eigenvalue weighted by molar-refractivity contribution is 5.54. The van der Waals surface area contributed by atoms with Crippen molar-refractivity contribution in [1.82, 2.24) is 5.32 Å². The lowest BCUT2D eigenvalue weighted by Gasteiger charge is -2.34. The van der Waals surface area contributed by atoms with Crippen molar-refractivity contribution in [2.45, 2.75) is 38.9 Å². The minimum absolute atomic E-state index is 0.0845. The molecule has 4 heteroatoms. The second kappa shape index (κ2) is 6.57. The zero-order valence-electron chi connectivity index (χ0n) is 14.8. The average Bonchev–Trinajstić information content (AvgIpc) is 2.53. The molecule has 0 atom stereocenters. The van der Waals surface area contributed by atoms with Gasteiger partial charge in [-0.05, 0) is 36.1 Å². The molecule has 1 aromatic carbocycles. The predicted molar refractivity (Wildman–Crippen MR) is 91.6 cm³/mol. The highest BCUT2D eigenvalue weighted by Gasteiger charge is 2.29. The van der Waals surface area contributed by atoms with Crippen LogP contribution in [-0.2, 0) is 20.7 Å². The summed E-state index contributed by atoms with van der Waals surface area (Å²) in [6, 6.07) is 6.72. The molecule has 4 nitrogen and oxygen atoms in total. The molecule has 1 heterocycles. The molecule has 0 spiro atoms. The number of nitrogens with zero attached hydrogens (tertiary/aromatic N) is 1. The van der Waals surface area contributed by atoms with Gasteiger partial charge in [-0.3, -0.25) is 0 Å². The van der Waals surface area contributed by atoms with Crippen molar-refractivity contribution in [3.05, 3.63) is 29.3 Å². The Morgan fingerprint density at radius 3 is 1.95 bits per heavy atom. The molecule has 0 saturated carbocycles. The Labute approximate surface area is 134 Å². The van der Waals surface area contributed by atoms with Crippen molar-refractivity contribution in [2.24, 2.45) is 0 Å². The van der Waals surface area contributed by atoms with Crippen LogP contribution in [0, 0.1) is 0 Å². The second-order valence-corrected chi connectivity index (χ2v) is 7.11. The number of ether oxygens (including phenoxy) is 2. The van der Waals surface area contributed by atoms with Gasteiger partial charge in [-0.25, -0.2) is 0 Å². The van der Waals surface area contributed by atoms with E-state index in [9.17, 15) is 0 Å². The van der Waals surface area contributed by atoms with Crippen LogP contribution < -0.4 is 10.2 Å². The number of hydrogen-bond acceptors (Lipinski definition) is 4. The quantitative estimate of drug-likeness (QED) is 0.867. The Kier molecular flexibility index (Phi) is 5.15. The molecular weight excluding hydrogens is 276 g/mol. The van der Waals surface area contributed by atoms with Crippen LogP contribution in [0.5, 0.6) is 0 Å². The van der Waals surface area contributed by atoms with Crippen molar-refractivity contribution >= 4 is 5.69 Å². The van der Waals surface area contributed by atoms with Gasteiger partial charge in [0.1, 0.15) is 0 Å². The van der Waals surface area contributed by atoms with Crippen LogP contribution in [-0.4, -0.2) is 40.4 Å². The summed E-state index contributed by atoms with van der Waals surface area (Å²) < 4.78 is 11.3. The average molecular weight is 306 g/mol. The number of piperazine rings is 1. The van der Waals surface area contributed by atoms with E-state index >= 15 is 0 Å². The molecule has 2 rings (SSSR count). The van der Waals surface area contributed by atoms with Crippen LogP contribution in [0.25, 0.3) is 0 Å². The third-order valence-corrected chi connectivity index (χ3v) is 4.57. The molecule has 1 N–H and O–H groups in total. The Bertz CT molecular complexity index is 498. The minimum Gasteiger partial charge on any atom is -0.369 e. The molecule has 1 aliphatic rings. The van der Waals surface area contributed by atoms with Crippen LogP contribution in [0.1, 0.15) is 38.8 Å². The lowest BCUT2D eigenvalue weighted by molar-refractivity contribution is -0.201. The zero-order chi connectivity index (χ0) is 16.4. The van der Waals surface area contributed by atoms with E-state index in [4.69, 9.17) is 9.47 Å². The van der Waals surface area contributed by atoms with E-state index in [2.05, 4.69) is 49.2 Å². The summed E-state index contributed by atoms with van der Waals surface area (Å²) in [5.74, 6) is -0.718. The highest BCUT2D eigenvalue weighted by atomic mass is 16.7. The summed E-state index contributed by atoms with van der Waals surface area (Å²) in [4.78, 5) is 2.43. The summed E-state index contributed by atoms with van der Waals surface area (Å²) in [7, 11) is 3.38. The van der Waals surface area contributed by atoms with Crippen LogP contribution in [0.3, 0.4) is 0 Å². The van der Waals surface area contributed by atoms with Crippen molar-refractivity contribution in [3.8, 4) is 0 Å². The highest BCUT2D eigenvalue weighted by Crippen LogP contribution is 2.34. The monoisotopic (exact) mass is 306 g/mol. The lowest BCUT2D eigenvalue weighted by atomic mass is 9.84. The largest absolute Gasteiger partial charge is 0.369 e. The van der Waals surface area contributed by atoms with Crippen molar-refractivity contribution in [3.63, 3.8) is 0 Å². The number of benzene rings is 1. The van der Waals surface area contributed by atoms with Gasteiger partial charge in [0.2, 0.25) is 0 Å². The first kappa shape index (κ1) is 17.3. The van der Waals surface area contributed by atoms with Crippen molar-refractivity contribution < 1.29 is 9.47 Å². The summed E-state index contributed by atoms with van der Waals surface area (Å²) in [5, 5.41) is 3.41. The van der Waals surface area contributed by atoms with E-state index < -0.39 is 5.79 Å². The van der Waals surface area contributed by atoms with Gasteiger partial charge in [0.25, 0.3) is 0 Å². The number of methoxy groups -OCH3 is 2. The SMILES string of the molecule is COC(C)(OC)c1cc(N2CCNCC2)cc(C(C)(C)C)c1. The molecule has 0 amide bonds. The molecule has 0 aromatic heterocycles. The Hall–Kier alpha value is -1.10. The number of nitrogens with one attached hydrogen (secondary N) is 1. The lowest BCUT2D eigenvalue weighted by Crippen LogP contribution is -2.43. The zero-order valence-corrected chi connectivity index (χ0v) is 14.8. The van der Waals surface area contributed by atoms with Crippen LogP contribution in [0.15, 0.2) is 18.2 Å². The summed E-state index contributed by atoms with van der Waals surface area (Å²) >= 11 is 0. The molecule has 1 aliphatic heterocycles. The number of anilines is 1. The van der Waals surface area contributed by atoms with E-state index in [1.165, 1.54) is 11.3 Å². The van der Waals surface area contributed by atoms with E-state index in [1.54, 1.807) is 14.2 Å². The van der Waals surface area contributed by atoms with E-state index in [-0.39, 0.29) is 5.41 Å². The topological polar surface area (TPSA) is 33.7 Å². The molecule has 124 valence electrons. The van der Waals surface area contributed by atoms with Gasteiger partial charge in [0.15, 0.2) is 5.79 Å². The van der Waals surface area contributed by atoms with Gasteiger partial charge in [-0.15, -0.1) is 0 Å². The van der Waals surface area contributed by atoms with Gasteiger partial charge >= 0.3 is 0 Å².